The van der Waals surface area contributed by atoms with Gasteiger partial charge in [0, 0.05) is 49.1 Å². The molecule has 0 atom stereocenters. The van der Waals surface area contributed by atoms with Gasteiger partial charge in [0.15, 0.2) is 11.7 Å². The number of rotatable bonds is 5. The van der Waals surface area contributed by atoms with Crippen molar-refractivity contribution in [1.82, 2.24) is 9.88 Å². The molecule has 29 heavy (non-hydrogen) atoms. The first-order valence-corrected chi connectivity index (χ1v) is 10.4. The first-order chi connectivity index (χ1) is 14.1. The number of para-hydroxylation sites is 1. The molecule has 0 saturated carbocycles. The molecule has 1 fully saturated rings. The minimum absolute atomic E-state index is 0.0698. The van der Waals surface area contributed by atoms with Crippen LogP contribution in [0.5, 0.6) is 0 Å². The van der Waals surface area contributed by atoms with Crippen molar-refractivity contribution in [3.05, 3.63) is 70.9 Å². The number of amides is 1. The van der Waals surface area contributed by atoms with Crippen LogP contribution < -0.4 is 4.90 Å². The summed E-state index contributed by atoms with van der Waals surface area (Å²) in [6.07, 6.45) is 2.49. The van der Waals surface area contributed by atoms with Gasteiger partial charge in [-0.2, -0.15) is 0 Å². The molecule has 3 aromatic rings. The van der Waals surface area contributed by atoms with E-state index in [1.807, 2.05) is 40.1 Å². The highest BCUT2D eigenvalue weighted by molar-refractivity contribution is 9.10. The maximum Gasteiger partial charge on any atom is 0.223 e. The Bertz CT molecular complexity index is 999. The third-order valence-corrected chi connectivity index (χ3v) is 5.53. The summed E-state index contributed by atoms with van der Waals surface area (Å²) in [5.74, 6) is 1.09. The van der Waals surface area contributed by atoms with Gasteiger partial charge in [0.2, 0.25) is 5.91 Å². The molecule has 0 N–H and O–H groups in total. The highest BCUT2D eigenvalue weighted by Crippen LogP contribution is 2.24. The Morgan fingerprint density at radius 2 is 1.90 bits per heavy atom. The third-order valence-electron chi connectivity index (χ3n) is 5.04. The van der Waals surface area contributed by atoms with Crippen LogP contribution in [0.4, 0.5) is 10.1 Å². The van der Waals surface area contributed by atoms with Gasteiger partial charge >= 0.3 is 0 Å². The fraction of sp³-hybridized carbons (Fsp3) is 0.273. The van der Waals surface area contributed by atoms with Crippen molar-refractivity contribution >= 4 is 27.5 Å². The molecule has 0 unspecified atom stereocenters. The summed E-state index contributed by atoms with van der Waals surface area (Å²) in [6, 6.07) is 14.6. The summed E-state index contributed by atoms with van der Waals surface area (Å²) in [5, 5.41) is 0. The zero-order valence-corrected chi connectivity index (χ0v) is 17.4. The number of nitrogens with zero attached hydrogens (tertiary/aromatic N) is 3. The molecule has 0 aliphatic carbocycles. The van der Waals surface area contributed by atoms with Gasteiger partial charge in [-0.25, -0.2) is 9.37 Å². The number of carbonyl (C=O) groups is 1. The quantitative estimate of drug-likeness (QED) is 0.564. The highest BCUT2D eigenvalue weighted by Gasteiger charge is 2.23. The van der Waals surface area contributed by atoms with Crippen molar-refractivity contribution in [3.8, 4) is 11.3 Å². The third kappa shape index (κ3) is 4.67. The van der Waals surface area contributed by atoms with E-state index in [0.29, 0.717) is 56.4 Å². The molecule has 1 aliphatic heterocycles. The molecule has 1 aromatic heterocycles. The Morgan fingerprint density at radius 1 is 1.10 bits per heavy atom. The monoisotopic (exact) mass is 457 g/mol. The second-order valence-electron chi connectivity index (χ2n) is 6.95. The van der Waals surface area contributed by atoms with Gasteiger partial charge in [0.1, 0.15) is 5.82 Å². The summed E-state index contributed by atoms with van der Waals surface area (Å²) < 4.78 is 20.7. The van der Waals surface area contributed by atoms with Crippen molar-refractivity contribution in [3.63, 3.8) is 0 Å². The molecule has 2 aromatic carbocycles. The number of aryl methyl sites for hydroxylation is 1. The second-order valence-corrected chi connectivity index (χ2v) is 7.86. The van der Waals surface area contributed by atoms with Crippen LogP contribution in [0.15, 0.2) is 63.6 Å². The zero-order chi connectivity index (χ0) is 20.2. The highest BCUT2D eigenvalue weighted by atomic mass is 79.9. The van der Waals surface area contributed by atoms with E-state index in [4.69, 9.17) is 4.42 Å². The lowest BCUT2D eigenvalue weighted by molar-refractivity contribution is -0.131. The van der Waals surface area contributed by atoms with Crippen LogP contribution in [0.3, 0.4) is 0 Å². The predicted molar refractivity (Wildman–Crippen MR) is 113 cm³/mol. The summed E-state index contributed by atoms with van der Waals surface area (Å²) in [6.45, 7) is 2.42. The predicted octanol–water partition coefficient (Wildman–Crippen LogP) is 4.52. The largest absolute Gasteiger partial charge is 0.441 e. The van der Waals surface area contributed by atoms with Gasteiger partial charge in [-0.3, -0.25) is 4.79 Å². The number of carbonyl (C=O) groups excluding carboxylic acids is 1. The van der Waals surface area contributed by atoms with Crippen LogP contribution >= 0.6 is 15.9 Å². The van der Waals surface area contributed by atoms with Crippen LogP contribution in [0.25, 0.3) is 11.3 Å². The van der Waals surface area contributed by atoms with Gasteiger partial charge < -0.3 is 14.2 Å². The van der Waals surface area contributed by atoms with Crippen molar-refractivity contribution in [2.24, 2.45) is 0 Å². The molecule has 0 bridgehead atoms. The molecule has 2 heterocycles. The number of hydrogen-bond acceptors (Lipinski definition) is 4. The second kappa shape index (κ2) is 8.78. The van der Waals surface area contributed by atoms with Crippen LogP contribution in [0.2, 0.25) is 0 Å². The van der Waals surface area contributed by atoms with E-state index >= 15 is 0 Å². The summed E-state index contributed by atoms with van der Waals surface area (Å²) in [4.78, 5) is 20.7. The molecule has 0 spiro atoms. The van der Waals surface area contributed by atoms with E-state index in [-0.39, 0.29) is 11.7 Å². The smallest absolute Gasteiger partial charge is 0.223 e. The lowest BCUT2D eigenvalue weighted by atomic mass is 10.2. The Morgan fingerprint density at radius 3 is 2.66 bits per heavy atom. The lowest BCUT2D eigenvalue weighted by Gasteiger charge is -2.36. The number of anilines is 1. The van der Waals surface area contributed by atoms with E-state index in [1.165, 1.54) is 6.07 Å². The van der Waals surface area contributed by atoms with Crippen LogP contribution in [-0.2, 0) is 11.2 Å². The molecule has 1 aliphatic rings. The van der Waals surface area contributed by atoms with Crippen molar-refractivity contribution in [2.45, 2.75) is 12.8 Å². The fourth-order valence-corrected chi connectivity index (χ4v) is 3.88. The Balaban J connectivity index is 1.29. The SMILES string of the molecule is O=C(CCc1ncc(-c2cccc(Br)c2)o1)N1CCN(c2ccccc2F)CC1. The number of aromatic nitrogens is 1. The van der Waals surface area contributed by atoms with E-state index in [0.717, 1.165) is 10.0 Å². The number of hydrogen-bond donors (Lipinski definition) is 0. The van der Waals surface area contributed by atoms with E-state index in [9.17, 15) is 9.18 Å². The van der Waals surface area contributed by atoms with Crippen LogP contribution in [0, 0.1) is 5.82 Å². The molecule has 4 rings (SSSR count). The van der Waals surface area contributed by atoms with Crippen molar-refractivity contribution in [1.29, 1.82) is 0 Å². The average Bonchev–Trinajstić information content (AvgIpc) is 3.22. The molecule has 0 radical (unpaired) electrons. The van der Waals surface area contributed by atoms with Gasteiger partial charge in [-0.1, -0.05) is 40.2 Å². The molecule has 5 nitrogen and oxygen atoms in total. The van der Waals surface area contributed by atoms with Crippen molar-refractivity contribution < 1.29 is 13.6 Å². The molecular weight excluding hydrogens is 437 g/mol. The normalized spacial score (nSPS) is 14.3. The van der Waals surface area contributed by atoms with Gasteiger partial charge in [-0.05, 0) is 24.3 Å². The molecule has 150 valence electrons. The summed E-state index contributed by atoms with van der Waals surface area (Å²) in [5.41, 5.74) is 1.54. The maximum absolute atomic E-state index is 13.9. The number of oxazole rings is 1. The average molecular weight is 458 g/mol. The van der Waals surface area contributed by atoms with E-state index in [1.54, 1.807) is 18.3 Å². The van der Waals surface area contributed by atoms with Gasteiger partial charge in [0.05, 0.1) is 11.9 Å². The van der Waals surface area contributed by atoms with E-state index in [2.05, 4.69) is 20.9 Å². The Kier molecular flexibility index (Phi) is 5.94. The molecule has 1 saturated heterocycles. The molecular formula is C22H21BrFN3O2. The fourth-order valence-electron chi connectivity index (χ4n) is 3.48. The van der Waals surface area contributed by atoms with Gasteiger partial charge in [0.25, 0.3) is 0 Å². The Labute approximate surface area is 177 Å². The lowest BCUT2D eigenvalue weighted by Crippen LogP contribution is -2.49. The first kappa shape index (κ1) is 19.6. The van der Waals surface area contributed by atoms with Crippen LogP contribution in [0.1, 0.15) is 12.3 Å². The maximum atomic E-state index is 13.9. The topological polar surface area (TPSA) is 49.6 Å². The Hall–Kier alpha value is -2.67. The minimum atomic E-state index is -0.225. The van der Waals surface area contributed by atoms with Crippen LogP contribution in [-0.4, -0.2) is 42.0 Å². The van der Waals surface area contributed by atoms with E-state index < -0.39 is 0 Å². The zero-order valence-electron chi connectivity index (χ0n) is 15.9. The standard InChI is InChI=1S/C22H21BrFN3O2/c23-17-5-3-4-16(14-17)20-15-25-21(29-20)8-9-22(28)27-12-10-26(11-13-27)19-7-2-1-6-18(19)24/h1-7,14-15H,8-13H2. The van der Waals surface area contributed by atoms with Gasteiger partial charge in [-0.15, -0.1) is 0 Å². The molecule has 7 heteroatoms. The first-order valence-electron chi connectivity index (χ1n) is 9.58. The molecule has 1 amide bonds. The number of benzene rings is 2. The number of halogens is 2. The van der Waals surface area contributed by atoms with Crippen molar-refractivity contribution in [2.75, 3.05) is 31.1 Å². The number of piperazine rings is 1. The minimum Gasteiger partial charge on any atom is -0.441 e. The summed E-state index contributed by atoms with van der Waals surface area (Å²) in [7, 11) is 0. The summed E-state index contributed by atoms with van der Waals surface area (Å²) >= 11 is 3.45.